The molecule has 5 heteroatoms. The van der Waals surface area contributed by atoms with Crippen molar-refractivity contribution in [3.63, 3.8) is 0 Å². The minimum absolute atomic E-state index is 0.0742. The van der Waals surface area contributed by atoms with Crippen LogP contribution in [0.5, 0.6) is 0 Å². The number of nitrogens with one attached hydrogen (secondary N) is 2. The van der Waals surface area contributed by atoms with E-state index in [-0.39, 0.29) is 12.5 Å². The quantitative estimate of drug-likeness (QED) is 0.498. The van der Waals surface area contributed by atoms with Crippen molar-refractivity contribution >= 4 is 5.91 Å². The van der Waals surface area contributed by atoms with Gasteiger partial charge >= 0.3 is 0 Å². The van der Waals surface area contributed by atoms with E-state index in [1.807, 2.05) is 0 Å². The summed E-state index contributed by atoms with van der Waals surface area (Å²) < 4.78 is 4.62. The monoisotopic (exact) mass is 195 g/mol. The van der Waals surface area contributed by atoms with E-state index in [1.54, 1.807) is 12.1 Å². The van der Waals surface area contributed by atoms with Crippen molar-refractivity contribution in [2.24, 2.45) is 0 Å². The highest BCUT2D eigenvalue weighted by atomic mass is 16.5. The molecule has 5 nitrogen and oxygen atoms in total. The molecule has 0 bridgehead atoms. The topological polar surface area (TPSA) is 67.2 Å². The summed E-state index contributed by atoms with van der Waals surface area (Å²) in [5.41, 5.74) is 0.710. The van der Waals surface area contributed by atoms with Crippen LogP contribution in [0.4, 0.5) is 0 Å². The fraction of sp³-hybridized carbons (Fsp3) is 0.333. The van der Waals surface area contributed by atoms with Crippen LogP contribution in [0.1, 0.15) is 5.69 Å². The van der Waals surface area contributed by atoms with Crippen LogP contribution >= 0.6 is 0 Å². The van der Waals surface area contributed by atoms with Gasteiger partial charge in [-0.3, -0.25) is 4.79 Å². The SMILES string of the molecule is C=CCNCC(=O)NCc1ccon1. The number of hydrogen-bond donors (Lipinski definition) is 2. The zero-order chi connectivity index (χ0) is 10.2. The molecule has 0 aliphatic carbocycles. The first-order valence-corrected chi connectivity index (χ1v) is 4.30. The Hall–Kier alpha value is -1.62. The summed E-state index contributed by atoms with van der Waals surface area (Å²) in [5, 5.41) is 9.24. The predicted octanol–water partition coefficient (Wildman–Crippen LogP) is 0.0664. The first kappa shape index (κ1) is 10.5. The normalized spacial score (nSPS) is 9.71. The van der Waals surface area contributed by atoms with E-state index in [2.05, 4.69) is 26.9 Å². The van der Waals surface area contributed by atoms with Crippen molar-refractivity contribution in [2.75, 3.05) is 13.1 Å². The third kappa shape index (κ3) is 3.86. The number of aromatic nitrogens is 1. The molecule has 0 aliphatic heterocycles. The summed E-state index contributed by atoms with van der Waals surface area (Å²) in [7, 11) is 0. The summed E-state index contributed by atoms with van der Waals surface area (Å²) in [6, 6.07) is 1.71. The fourth-order valence-corrected chi connectivity index (χ4v) is 0.868. The number of carbonyl (C=O) groups is 1. The van der Waals surface area contributed by atoms with Gasteiger partial charge in [-0.15, -0.1) is 6.58 Å². The maximum atomic E-state index is 11.1. The second-order valence-electron chi connectivity index (χ2n) is 2.69. The van der Waals surface area contributed by atoms with Crippen molar-refractivity contribution in [3.05, 3.63) is 30.7 Å². The smallest absolute Gasteiger partial charge is 0.234 e. The Morgan fingerprint density at radius 3 is 3.21 bits per heavy atom. The third-order valence-electron chi connectivity index (χ3n) is 1.53. The van der Waals surface area contributed by atoms with Crippen molar-refractivity contribution in [1.29, 1.82) is 0 Å². The van der Waals surface area contributed by atoms with E-state index in [4.69, 9.17) is 0 Å². The molecule has 1 amide bonds. The van der Waals surface area contributed by atoms with Crippen LogP contribution in [-0.4, -0.2) is 24.2 Å². The second-order valence-corrected chi connectivity index (χ2v) is 2.69. The Bertz CT molecular complexity index is 282. The van der Waals surface area contributed by atoms with Crippen LogP contribution in [0.2, 0.25) is 0 Å². The average molecular weight is 195 g/mol. The summed E-state index contributed by atoms with van der Waals surface area (Å²) >= 11 is 0. The highest BCUT2D eigenvalue weighted by Crippen LogP contribution is 1.91. The Labute approximate surface area is 82.2 Å². The molecule has 0 atom stereocenters. The van der Waals surface area contributed by atoms with Crippen LogP contribution in [0.3, 0.4) is 0 Å². The maximum absolute atomic E-state index is 11.1. The third-order valence-corrected chi connectivity index (χ3v) is 1.53. The zero-order valence-corrected chi connectivity index (χ0v) is 7.82. The number of rotatable bonds is 6. The molecule has 0 radical (unpaired) electrons. The minimum atomic E-state index is -0.0742. The van der Waals surface area contributed by atoms with Crippen LogP contribution in [0.25, 0.3) is 0 Å². The Morgan fingerprint density at radius 1 is 1.71 bits per heavy atom. The van der Waals surface area contributed by atoms with Gasteiger partial charge in [-0.25, -0.2) is 0 Å². The molecule has 1 heterocycles. The molecule has 1 aromatic rings. The van der Waals surface area contributed by atoms with Gasteiger partial charge in [0, 0.05) is 12.6 Å². The molecule has 0 spiro atoms. The lowest BCUT2D eigenvalue weighted by Gasteiger charge is -2.02. The van der Waals surface area contributed by atoms with Crippen LogP contribution in [0, 0.1) is 0 Å². The summed E-state index contributed by atoms with van der Waals surface area (Å²) in [6.45, 7) is 4.83. The molecule has 1 rings (SSSR count). The zero-order valence-electron chi connectivity index (χ0n) is 7.82. The summed E-state index contributed by atoms with van der Waals surface area (Å²) in [6.07, 6.45) is 3.17. The molecule has 0 saturated heterocycles. The lowest BCUT2D eigenvalue weighted by atomic mass is 10.4. The van der Waals surface area contributed by atoms with Gasteiger partial charge < -0.3 is 15.2 Å². The largest absolute Gasteiger partial charge is 0.364 e. The lowest BCUT2D eigenvalue weighted by Crippen LogP contribution is -2.33. The second kappa shape index (κ2) is 5.93. The van der Waals surface area contributed by atoms with Crippen LogP contribution in [-0.2, 0) is 11.3 Å². The Kier molecular flexibility index (Phi) is 4.43. The summed E-state index contributed by atoms with van der Waals surface area (Å²) in [4.78, 5) is 11.1. The molecular formula is C9H13N3O2. The fourth-order valence-electron chi connectivity index (χ4n) is 0.868. The van der Waals surface area contributed by atoms with Gasteiger partial charge in [-0.05, 0) is 0 Å². The molecule has 1 aromatic heterocycles. The predicted molar refractivity (Wildman–Crippen MR) is 51.4 cm³/mol. The number of amides is 1. The minimum Gasteiger partial charge on any atom is -0.364 e. The average Bonchev–Trinajstić information content (AvgIpc) is 2.68. The first-order valence-electron chi connectivity index (χ1n) is 4.30. The van der Waals surface area contributed by atoms with Gasteiger partial charge in [0.25, 0.3) is 0 Å². The van der Waals surface area contributed by atoms with Crippen molar-refractivity contribution in [1.82, 2.24) is 15.8 Å². The molecule has 0 unspecified atom stereocenters. The highest BCUT2D eigenvalue weighted by Gasteiger charge is 2.01. The van der Waals surface area contributed by atoms with E-state index < -0.39 is 0 Å². The number of hydrogen-bond acceptors (Lipinski definition) is 4. The van der Waals surface area contributed by atoms with E-state index in [0.717, 1.165) is 0 Å². The first-order chi connectivity index (χ1) is 6.83. The van der Waals surface area contributed by atoms with Crippen LogP contribution in [0.15, 0.2) is 29.5 Å². The van der Waals surface area contributed by atoms with E-state index in [1.165, 1.54) is 6.26 Å². The van der Waals surface area contributed by atoms with Gasteiger partial charge in [0.15, 0.2) is 0 Å². The van der Waals surface area contributed by atoms with Crippen molar-refractivity contribution < 1.29 is 9.32 Å². The molecule has 14 heavy (non-hydrogen) atoms. The van der Waals surface area contributed by atoms with E-state index in [9.17, 15) is 4.79 Å². The maximum Gasteiger partial charge on any atom is 0.234 e. The van der Waals surface area contributed by atoms with Gasteiger partial charge in [-0.2, -0.15) is 0 Å². The van der Waals surface area contributed by atoms with Crippen molar-refractivity contribution in [3.8, 4) is 0 Å². The number of carbonyl (C=O) groups excluding carboxylic acids is 1. The van der Waals surface area contributed by atoms with Crippen LogP contribution < -0.4 is 10.6 Å². The molecule has 0 aliphatic rings. The lowest BCUT2D eigenvalue weighted by molar-refractivity contribution is -0.120. The Balaban J connectivity index is 2.12. The Morgan fingerprint density at radius 2 is 2.57 bits per heavy atom. The molecule has 0 aromatic carbocycles. The van der Waals surface area contributed by atoms with Crippen molar-refractivity contribution in [2.45, 2.75) is 6.54 Å². The molecular weight excluding hydrogens is 182 g/mol. The van der Waals surface area contributed by atoms with Gasteiger partial charge in [0.05, 0.1) is 13.1 Å². The molecule has 0 saturated carbocycles. The highest BCUT2D eigenvalue weighted by molar-refractivity contribution is 5.77. The molecule has 0 fully saturated rings. The molecule has 2 N–H and O–H groups in total. The van der Waals surface area contributed by atoms with Gasteiger partial charge in [0.1, 0.15) is 12.0 Å². The van der Waals surface area contributed by atoms with E-state index in [0.29, 0.717) is 18.8 Å². The molecule has 76 valence electrons. The van der Waals surface area contributed by atoms with E-state index >= 15 is 0 Å². The van der Waals surface area contributed by atoms with Gasteiger partial charge in [-0.1, -0.05) is 11.2 Å². The standard InChI is InChI=1S/C9H13N3O2/c1-2-4-10-7-9(13)11-6-8-3-5-14-12-8/h2-3,5,10H,1,4,6-7H2,(H,11,13). The summed E-state index contributed by atoms with van der Waals surface area (Å²) in [5.74, 6) is -0.0742. The number of nitrogens with zero attached hydrogens (tertiary/aromatic N) is 1. The van der Waals surface area contributed by atoms with Gasteiger partial charge in [0.2, 0.25) is 5.91 Å².